The Labute approximate surface area is 115 Å². The van der Waals surface area contributed by atoms with Gasteiger partial charge < -0.3 is 0 Å². The zero-order chi connectivity index (χ0) is 13.0. The Morgan fingerprint density at radius 2 is 1.28 bits per heavy atom. The van der Waals surface area contributed by atoms with Crippen LogP contribution in [0.2, 0.25) is 0 Å². The van der Waals surface area contributed by atoms with Crippen LogP contribution < -0.4 is 0 Å². The molecule has 0 spiro atoms. The predicted octanol–water partition coefficient (Wildman–Crippen LogP) is 5.22. The predicted molar refractivity (Wildman–Crippen MR) is 79.0 cm³/mol. The largest absolute Gasteiger partial charge is 0.109 e. The zero-order valence-electron chi connectivity index (χ0n) is 10.9. The van der Waals surface area contributed by atoms with Gasteiger partial charge in [0, 0.05) is 0 Å². The average molecular weight is 259 g/mol. The fraction of sp³-hybridized carbons (Fsp3) is 0.294. The molecule has 0 nitrogen and oxygen atoms in total. The van der Waals surface area contributed by atoms with Gasteiger partial charge in [0.1, 0.15) is 0 Å². The van der Waals surface area contributed by atoms with Crippen LogP contribution in [0.5, 0.6) is 0 Å². The van der Waals surface area contributed by atoms with E-state index in [-0.39, 0.29) is 0 Å². The maximum Gasteiger partial charge on any atom is 0.0969 e. The number of benzene rings is 2. The Morgan fingerprint density at radius 3 is 1.61 bits per heavy atom. The van der Waals surface area contributed by atoms with Crippen molar-refractivity contribution in [3.05, 3.63) is 71.8 Å². The van der Waals surface area contributed by atoms with E-state index in [4.69, 9.17) is 11.6 Å². The van der Waals surface area contributed by atoms with Gasteiger partial charge in [-0.15, -0.1) is 11.6 Å². The summed E-state index contributed by atoms with van der Waals surface area (Å²) in [5.74, 6) is 0.379. The molecule has 0 saturated heterocycles. The number of alkyl halides is 1. The minimum absolute atomic E-state index is 0.379. The third-order valence-electron chi connectivity index (χ3n) is 3.68. The number of rotatable bonds is 4. The highest BCUT2D eigenvalue weighted by Crippen LogP contribution is 2.44. The molecule has 0 N–H and O–H groups in total. The Hall–Kier alpha value is -1.27. The van der Waals surface area contributed by atoms with E-state index in [1.54, 1.807) is 0 Å². The second-order valence-corrected chi connectivity index (χ2v) is 5.35. The molecule has 2 aromatic rings. The molecule has 0 bridgehead atoms. The molecule has 0 aliphatic rings. The van der Waals surface area contributed by atoms with Gasteiger partial charge in [0.15, 0.2) is 0 Å². The summed E-state index contributed by atoms with van der Waals surface area (Å²) in [5, 5.41) is 0. The molecule has 94 valence electrons. The molecule has 0 radical (unpaired) electrons. The van der Waals surface area contributed by atoms with Gasteiger partial charge >= 0.3 is 0 Å². The lowest BCUT2D eigenvalue weighted by atomic mass is 9.79. The molecular formula is C17H19Cl. The molecule has 0 saturated carbocycles. The van der Waals surface area contributed by atoms with E-state index in [1.165, 1.54) is 11.1 Å². The van der Waals surface area contributed by atoms with Crippen molar-refractivity contribution >= 4 is 11.6 Å². The van der Waals surface area contributed by atoms with Crippen LogP contribution in [-0.2, 0) is 4.87 Å². The van der Waals surface area contributed by atoms with Crippen LogP contribution in [0.4, 0.5) is 0 Å². The van der Waals surface area contributed by atoms with Gasteiger partial charge in [0.05, 0.1) is 4.87 Å². The number of hydrogen-bond donors (Lipinski definition) is 0. The summed E-state index contributed by atoms with van der Waals surface area (Å²) in [5.41, 5.74) is 2.35. The van der Waals surface area contributed by atoms with E-state index in [2.05, 4.69) is 62.4 Å². The first-order valence-electron chi connectivity index (χ1n) is 6.49. The molecule has 18 heavy (non-hydrogen) atoms. The van der Waals surface area contributed by atoms with E-state index in [0.29, 0.717) is 5.92 Å². The molecule has 0 fully saturated rings. The zero-order valence-corrected chi connectivity index (χ0v) is 11.7. The van der Waals surface area contributed by atoms with Crippen molar-refractivity contribution in [2.75, 3.05) is 0 Å². The van der Waals surface area contributed by atoms with E-state index in [9.17, 15) is 0 Å². The molecule has 2 rings (SSSR count). The van der Waals surface area contributed by atoms with Crippen molar-refractivity contribution in [1.82, 2.24) is 0 Å². The fourth-order valence-electron chi connectivity index (χ4n) is 2.38. The summed E-state index contributed by atoms with van der Waals surface area (Å²) < 4.78 is 0. The second kappa shape index (κ2) is 5.58. The summed E-state index contributed by atoms with van der Waals surface area (Å²) in [6.07, 6.45) is 1.05. The monoisotopic (exact) mass is 258 g/mol. The highest BCUT2D eigenvalue weighted by Gasteiger charge is 2.36. The first-order valence-corrected chi connectivity index (χ1v) is 6.87. The Morgan fingerprint density at radius 1 is 0.889 bits per heavy atom. The van der Waals surface area contributed by atoms with Crippen LogP contribution in [0.1, 0.15) is 31.4 Å². The van der Waals surface area contributed by atoms with Crippen LogP contribution in [-0.4, -0.2) is 0 Å². The van der Waals surface area contributed by atoms with Gasteiger partial charge in [0.25, 0.3) is 0 Å². The molecule has 1 heteroatoms. The molecule has 2 aromatic carbocycles. The van der Waals surface area contributed by atoms with Crippen molar-refractivity contribution < 1.29 is 0 Å². The summed E-state index contributed by atoms with van der Waals surface area (Å²) in [7, 11) is 0. The molecule has 0 aliphatic carbocycles. The molecule has 1 atom stereocenters. The van der Waals surface area contributed by atoms with Crippen molar-refractivity contribution in [2.45, 2.75) is 25.1 Å². The lowest BCUT2D eigenvalue weighted by Gasteiger charge is -2.34. The van der Waals surface area contributed by atoms with E-state index in [1.807, 2.05) is 12.1 Å². The summed E-state index contributed by atoms with van der Waals surface area (Å²) in [4.78, 5) is -0.433. The smallest absolute Gasteiger partial charge is 0.0969 e. The number of hydrogen-bond acceptors (Lipinski definition) is 0. The first kappa shape index (κ1) is 13.2. The molecule has 0 amide bonds. The standard InChI is InChI=1S/C17H19Cl/c1-3-14(2)17(18,15-10-6-4-7-11-15)16-12-8-5-9-13-16/h4-14H,3H2,1-2H3. The van der Waals surface area contributed by atoms with E-state index < -0.39 is 4.87 Å². The summed E-state index contributed by atoms with van der Waals surface area (Å²) >= 11 is 7.04. The topological polar surface area (TPSA) is 0 Å². The highest BCUT2D eigenvalue weighted by atomic mass is 35.5. The summed E-state index contributed by atoms with van der Waals surface area (Å²) in [6, 6.07) is 20.7. The second-order valence-electron chi connectivity index (χ2n) is 4.75. The van der Waals surface area contributed by atoms with Gasteiger partial charge in [-0.1, -0.05) is 80.9 Å². The third-order valence-corrected chi connectivity index (χ3v) is 4.49. The quantitative estimate of drug-likeness (QED) is 0.660. The van der Waals surface area contributed by atoms with Crippen molar-refractivity contribution in [1.29, 1.82) is 0 Å². The third kappa shape index (κ3) is 2.30. The lowest BCUT2D eigenvalue weighted by molar-refractivity contribution is 0.449. The molecule has 0 aromatic heterocycles. The first-order chi connectivity index (χ1) is 8.69. The highest BCUT2D eigenvalue weighted by molar-refractivity contribution is 6.26. The van der Waals surface area contributed by atoms with Gasteiger partial charge in [-0.2, -0.15) is 0 Å². The average Bonchev–Trinajstić information content (AvgIpc) is 2.47. The van der Waals surface area contributed by atoms with Crippen LogP contribution in [0.3, 0.4) is 0 Å². The molecule has 0 heterocycles. The van der Waals surface area contributed by atoms with Gasteiger partial charge in [-0.25, -0.2) is 0 Å². The van der Waals surface area contributed by atoms with Gasteiger partial charge in [-0.05, 0) is 17.0 Å². The van der Waals surface area contributed by atoms with E-state index in [0.717, 1.165) is 6.42 Å². The minimum Gasteiger partial charge on any atom is -0.109 e. The van der Waals surface area contributed by atoms with Gasteiger partial charge in [-0.3, -0.25) is 0 Å². The normalized spacial score (nSPS) is 13.3. The molecule has 1 unspecified atom stereocenters. The maximum absolute atomic E-state index is 7.04. The lowest BCUT2D eigenvalue weighted by Crippen LogP contribution is -2.28. The van der Waals surface area contributed by atoms with Crippen LogP contribution in [0.25, 0.3) is 0 Å². The van der Waals surface area contributed by atoms with E-state index >= 15 is 0 Å². The van der Waals surface area contributed by atoms with Crippen LogP contribution >= 0.6 is 11.6 Å². The van der Waals surface area contributed by atoms with Crippen LogP contribution in [0.15, 0.2) is 60.7 Å². The molecular weight excluding hydrogens is 240 g/mol. The number of halogens is 1. The SMILES string of the molecule is CCC(C)C(Cl)(c1ccccc1)c1ccccc1. The van der Waals surface area contributed by atoms with Crippen molar-refractivity contribution in [3.8, 4) is 0 Å². The molecule has 0 aliphatic heterocycles. The van der Waals surface area contributed by atoms with Gasteiger partial charge in [0.2, 0.25) is 0 Å². The Balaban J connectivity index is 2.55. The Kier molecular flexibility index (Phi) is 4.08. The minimum atomic E-state index is -0.433. The maximum atomic E-state index is 7.04. The Bertz CT molecular complexity index is 436. The fourth-order valence-corrected chi connectivity index (χ4v) is 2.78. The summed E-state index contributed by atoms with van der Waals surface area (Å²) in [6.45, 7) is 4.40. The van der Waals surface area contributed by atoms with Crippen molar-refractivity contribution in [2.24, 2.45) is 5.92 Å². The van der Waals surface area contributed by atoms with Crippen molar-refractivity contribution in [3.63, 3.8) is 0 Å². The van der Waals surface area contributed by atoms with Crippen LogP contribution in [0, 0.1) is 5.92 Å².